The number of alkyl carbamates (subject to hydrolysis) is 1. The minimum absolute atomic E-state index is 0.135. The van der Waals surface area contributed by atoms with Crippen LogP contribution in [0.4, 0.5) is 4.79 Å². The molecule has 2 aromatic rings. The molecule has 0 saturated carbocycles. The Morgan fingerprint density at radius 3 is 1.94 bits per heavy atom. The van der Waals surface area contributed by atoms with Crippen molar-refractivity contribution in [2.45, 2.75) is 115 Å². The van der Waals surface area contributed by atoms with E-state index in [2.05, 4.69) is 34.9 Å². The number of rotatable bonds is 25. The highest BCUT2D eigenvalue weighted by Gasteiger charge is 2.31. The predicted molar refractivity (Wildman–Crippen MR) is 206 cm³/mol. The van der Waals surface area contributed by atoms with Crippen LogP contribution in [0.2, 0.25) is 0 Å². The Labute approximate surface area is 320 Å². The first-order chi connectivity index (χ1) is 25.7. The first-order valence-corrected chi connectivity index (χ1v) is 19.0. The van der Waals surface area contributed by atoms with E-state index >= 15 is 0 Å². The van der Waals surface area contributed by atoms with E-state index < -0.39 is 54.7 Å². The molecule has 0 spiro atoms. The number of carbonyl (C=O) groups is 3. The molecule has 0 saturated heterocycles. The minimum Gasteiger partial charge on any atom is -0.467 e. The predicted octanol–water partition coefficient (Wildman–Crippen LogP) is 2.05. The van der Waals surface area contributed by atoms with Crippen LogP contribution in [0.3, 0.4) is 0 Å². The number of methoxy groups -OCH3 is 1. The van der Waals surface area contributed by atoms with Crippen LogP contribution in [-0.2, 0) is 31.9 Å². The van der Waals surface area contributed by atoms with Gasteiger partial charge >= 0.3 is 12.1 Å². The van der Waals surface area contributed by atoms with Gasteiger partial charge in [-0.2, -0.15) is 0 Å². The number of hydrogen-bond donors (Lipinski definition) is 8. The lowest BCUT2D eigenvalue weighted by Crippen LogP contribution is -2.49. The summed E-state index contributed by atoms with van der Waals surface area (Å²) in [5, 5.41) is 54.4. The molecule has 54 heavy (non-hydrogen) atoms. The van der Waals surface area contributed by atoms with Crippen molar-refractivity contribution in [3.05, 3.63) is 59.7 Å². The summed E-state index contributed by atoms with van der Waals surface area (Å²) < 4.78 is 10.4. The Kier molecular flexibility index (Phi) is 21.3. The SMILES string of the molecule is COC(=O)[C@H](CCCCNC(=O)OC(C)(C)C)N(CCCNC[C@H](O)[C@@H](O)[C@H](O)[C@H](O)CO)C(=O)CCc1ccc(-c2ccc(CCCCN)cc2)cc1. The maximum Gasteiger partial charge on any atom is 0.407 e. The normalized spacial score (nSPS) is 14.4. The van der Waals surface area contributed by atoms with Gasteiger partial charge in [0.25, 0.3) is 0 Å². The molecular weight excluding hydrogens is 696 g/mol. The summed E-state index contributed by atoms with van der Waals surface area (Å²) in [4.78, 5) is 40.4. The number of carbonyl (C=O) groups excluding carboxylic acids is 3. The van der Waals surface area contributed by atoms with E-state index in [4.69, 9.17) is 20.3 Å². The third-order valence-corrected chi connectivity index (χ3v) is 8.96. The maximum absolute atomic E-state index is 13.8. The van der Waals surface area contributed by atoms with Crippen molar-refractivity contribution >= 4 is 18.0 Å². The number of aliphatic hydroxyl groups excluding tert-OH is 5. The van der Waals surface area contributed by atoms with Gasteiger partial charge in [0.05, 0.1) is 19.8 Å². The van der Waals surface area contributed by atoms with Gasteiger partial charge in [0.2, 0.25) is 5.91 Å². The molecule has 14 nitrogen and oxygen atoms in total. The first kappa shape index (κ1) is 46.5. The van der Waals surface area contributed by atoms with Crippen molar-refractivity contribution in [3.8, 4) is 11.1 Å². The molecule has 2 rings (SSSR count). The van der Waals surface area contributed by atoms with Crippen molar-refractivity contribution in [2.24, 2.45) is 5.73 Å². The Morgan fingerprint density at radius 1 is 0.796 bits per heavy atom. The van der Waals surface area contributed by atoms with Crippen LogP contribution in [0, 0.1) is 0 Å². The zero-order valence-corrected chi connectivity index (χ0v) is 32.4. The summed E-state index contributed by atoms with van der Waals surface area (Å²) >= 11 is 0. The summed E-state index contributed by atoms with van der Waals surface area (Å²) in [6, 6.07) is 15.7. The van der Waals surface area contributed by atoms with Gasteiger partial charge in [-0.15, -0.1) is 0 Å². The molecule has 2 aromatic carbocycles. The number of nitrogens with one attached hydrogen (secondary N) is 2. The fourth-order valence-corrected chi connectivity index (χ4v) is 5.86. The number of aryl methyl sites for hydroxylation is 2. The van der Waals surface area contributed by atoms with Crippen LogP contribution in [0.5, 0.6) is 0 Å². The average molecular weight is 761 g/mol. The molecule has 9 N–H and O–H groups in total. The Morgan fingerprint density at radius 2 is 1.39 bits per heavy atom. The summed E-state index contributed by atoms with van der Waals surface area (Å²) in [6.45, 7) is 5.91. The molecule has 0 aliphatic carbocycles. The monoisotopic (exact) mass is 760 g/mol. The van der Waals surface area contributed by atoms with Crippen molar-refractivity contribution in [2.75, 3.05) is 46.4 Å². The van der Waals surface area contributed by atoms with Gasteiger partial charge in [-0.3, -0.25) is 4.79 Å². The lowest BCUT2D eigenvalue weighted by Gasteiger charge is -2.30. The quantitative estimate of drug-likeness (QED) is 0.0538. The summed E-state index contributed by atoms with van der Waals surface area (Å²) in [7, 11) is 1.27. The van der Waals surface area contributed by atoms with E-state index in [-0.39, 0.29) is 32.0 Å². The minimum atomic E-state index is -1.74. The van der Waals surface area contributed by atoms with Crippen LogP contribution in [0.15, 0.2) is 48.5 Å². The van der Waals surface area contributed by atoms with Crippen molar-refractivity contribution in [1.82, 2.24) is 15.5 Å². The van der Waals surface area contributed by atoms with Crippen molar-refractivity contribution in [3.63, 3.8) is 0 Å². The van der Waals surface area contributed by atoms with Crippen LogP contribution in [0.25, 0.3) is 11.1 Å². The van der Waals surface area contributed by atoms with Gasteiger partial charge in [0, 0.05) is 26.1 Å². The molecule has 0 bridgehead atoms. The second-order valence-corrected chi connectivity index (χ2v) is 14.5. The van der Waals surface area contributed by atoms with E-state index in [1.54, 1.807) is 20.8 Å². The summed E-state index contributed by atoms with van der Waals surface area (Å²) in [5.74, 6) is -0.788. The van der Waals surface area contributed by atoms with Crippen LogP contribution >= 0.6 is 0 Å². The maximum atomic E-state index is 13.8. The number of nitrogens with two attached hydrogens (primary N) is 1. The molecule has 14 heteroatoms. The lowest BCUT2D eigenvalue weighted by molar-refractivity contribution is -0.153. The first-order valence-electron chi connectivity index (χ1n) is 19.0. The molecule has 0 heterocycles. The third-order valence-electron chi connectivity index (χ3n) is 8.96. The van der Waals surface area contributed by atoms with Gasteiger partial charge in [0.15, 0.2) is 0 Å². The van der Waals surface area contributed by atoms with E-state index in [0.29, 0.717) is 45.2 Å². The molecule has 0 radical (unpaired) electrons. The van der Waals surface area contributed by atoms with Crippen molar-refractivity contribution < 1.29 is 49.4 Å². The largest absolute Gasteiger partial charge is 0.467 e. The molecule has 0 aliphatic rings. The van der Waals surface area contributed by atoms with Crippen molar-refractivity contribution in [1.29, 1.82) is 0 Å². The lowest BCUT2D eigenvalue weighted by atomic mass is 9.99. The summed E-state index contributed by atoms with van der Waals surface area (Å²) in [6.07, 6.45) is -1.62. The topological polar surface area (TPSA) is 224 Å². The van der Waals surface area contributed by atoms with Gasteiger partial charge in [0.1, 0.15) is 30.0 Å². The number of unbranched alkanes of at least 4 members (excludes halogenated alkanes) is 2. The highest BCUT2D eigenvalue weighted by atomic mass is 16.6. The number of aliphatic hydroxyl groups is 5. The zero-order valence-electron chi connectivity index (χ0n) is 32.4. The number of esters is 1. The van der Waals surface area contributed by atoms with Gasteiger partial charge in [-0.05, 0) is 107 Å². The molecule has 0 fully saturated rings. The molecule has 5 atom stereocenters. The number of amides is 2. The van der Waals surface area contributed by atoms with E-state index in [1.807, 2.05) is 24.3 Å². The molecule has 304 valence electrons. The van der Waals surface area contributed by atoms with Gasteiger partial charge < -0.3 is 56.3 Å². The van der Waals surface area contributed by atoms with Crippen LogP contribution in [0.1, 0.15) is 76.8 Å². The standard InChI is InChI=1S/C40H64N4O10/c1-40(2,3)54-39(52)43-24-8-6-11-32(38(51)53-4)44(25-9-23-42-26-33(46)36(49)37(50)34(47)27-45)35(48)21-16-29-14-19-31(20-15-29)30-17-12-28(13-18-30)10-5-7-22-41/h12-15,17-20,32-34,36-37,42,45-47,49-50H,5-11,16,21-27,41H2,1-4H3,(H,43,52)/t32-,33-,34+,36+,37+/m0/s1. The second-order valence-electron chi connectivity index (χ2n) is 14.5. The highest BCUT2D eigenvalue weighted by Crippen LogP contribution is 2.22. The fraction of sp³-hybridized carbons (Fsp3) is 0.625. The highest BCUT2D eigenvalue weighted by molar-refractivity contribution is 5.84. The van der Waals surface area contributed by atoms with Crippen LogP contribution < -0.4 is 16.4 Å². The molecule has 0 aromatic heterocycles. The third kappa shape index (κ3) is 17.2. The van der Waals surface area contributed by atoms with E-state index in [1.165, 1.54) is 17.6 Å². The molecule has 0 unspecified atom stereocenters. The van der Waals surface area contributed by atoms with Gasteiger partial charge in [-0.25, -0.2) is 9.59 Å². The number of nitrogens with zero attached hydrogens (tertiary/aromatic N) is 1. The second kappa shape index (κ2) is 24.7. The Bertz CT molecular complexity index is 1370. The molecule has 0 aliphatic heterocycles. The zero-order chi connectivity index (χ0) is 40.1. The average Bonchev–Trinajstić information content (AvgIpc) is 3.15. The van der Waals surface area contributed by atoms with E-state index in [9.17, 15) is 34.8 Å². The number of ether oxygens (including phenoxy) is 2. The van der Waals surface area contributed by atoms with Crippen LogP contribution in [-0.4, -0.2) is 131 Å². The van der Waals surface area contributed by atoms with Gasteiger partial charge in [-0.1, -0.05) is 48.5 Å². The molecular formula is C40H64N4O10. The number of hydrogen-bond acceptors (Lipinski definition) is 12. The van der Waals surface area contributed by atoms with E-state index in [0.717, 1.165) is 36.0 Å². The number of benzene rings is 2. The smallest absolute Gasteiger partial charge is 0.407 e. The Balaban J connectivity index is 2.07. The fourth-order valence-electron chi connectivity index (χ4n) is 5.86. The molecule has 2 amide bonds. The summed E-state index contributed by atoms with van der Waals surface area (Å²) in [5.41, 5.74) is 9.39. The Hall–Kier alpha value is -3.63.